The molecule has 0 spiro atoms. The van der Waals surface area contributed by atoms with Gasteiger partial charge < -0.3 is 10.4 Å². The van der Waals surface area contributed by atoms with E-state index in [4.69, 9.17) is 17.3 Å². The molecule has 0 atom stereocenters. The van der Waals surface area contributed by atoms with Crippen LogP contribution in [-0.2, 0) is 9.59 Å². The lowest BCUT2D eigenvalue weighted by Gasteiger charge is -2.12. The zero-order valence-corrected chi connectivity index (χ0v) is 18.3. The summed E-state index contributed by atoms with van der Waals surface area (Å²) in [5.74, 6) is -1.29. The minimum atomic E-state index is -1.16. The Bertz CT molecular complexity index is 1110. The van der Waals surface area contributed by atoms with Crippen molar-refractivity contribution in [2.75, 3.05) is 18.4 Å². The van der Waals surface area contributed by atoms with Gasteiger partial charge >= 0.3 is 5.97 Å². The summed E-state index contributed by atoms with van der Waals surface area (Å²) in [6, 6.07) is 3.63. The van der Waals surface area contributed by atoms with E-state index in [1.54, 1.807) is 12.3 Å². The van der Waals surface area contributed by atoms with Crippen molar-refractivity contribution in [3.05, 3.63) is 44.7 Å². The fourth-order valence-electron chi connectivity index (χ4n) is 3.06. The molecule has 1 amide bonds. The third-order valence-electron chi connectivity index (χ3n) is 4.60. The minimum absolute atomic E-state index is 0.149. The summed E-state index contributed by atoms with van der Waals surface area (Å²) in [7, 11) is 0. The summed E-state index contributed by atoms with van der Waals surface area (Å²) in [5.41, 5.74) is 1.32. The van der Waals surface area contributed by atoms with Gasteiger partial charge in [0, 0.05) is 12.7 Å². The lowest BCUT2D eigenvalue weighted by atomic mass is 10.2. The number of rotatable bonds is 8. The maximum atomic E-state index is 13.2. The SMILES string of the molecule is CCCCCNc1nc2c(C)cccn2c(=O)c1/C=C1/SC(=S)N(CC(=O)O)C1=O. The molecule has 10 heteroatoms. The number of thioether (sulfide) groups is 1. The average Bonchev–Trinajstić information content (AvgIpc) is 2.95. The molecule has 3 heterocycles. The summed E-state index contributed by atoms with van der Waals surface area (Å²) in [6.45, 7) is 4.11. The molecule has 30 heavy (non-hydrogen) atoms. The summed E-state index contributed by atoms with van der Waals surface area (Å²) in [4.78, 5) is 42.7. The second-order valence-electron chi connectivity index (χ2n) is 6.86. The number of carbonyl (C=O) groups excluding carboxylic acids is 1. The Morgan fingerprint density at radius 2 is 2.13 bits per heavy atom. The highest BCUT2D eigenvalue weighted by Gasteiger charge is 2.34. The van der Waals surface area contributed by atoms with Crippen molar-refractivity contribution < 1.29 is 14.7 Å². The number of carbonyl (C=O) groups is 2. The maximum absolute atomic E-state index is 13.2. The van der Waals surface area contributed by atoms with Crippen LogP contribution >= 0.6 is 24.0 Å². The zero-order chi connectivity index (χ0) is 21.8. The smallest absolute Gasteiger partial charge is 0.323 e. The summed E-state index contributed by atoms with van der Waals surface area (Å²) in [6.07, 6.45) is 6.11. The van der Waals surface area contributed by atoms with E-state index in [1.165, 1.54) is 10.5 Å². The number of anilines is 1. The molecule has 1 saturated heterocycles. The molecular formula is C20H22N4O4S2. The number of pyridine rings is 1. The van der Waals surface area contributed by atoms with Gasteiger partial charge in [-0.25, -0.2) is 4.98 Å². The Morgan fingerprint density at radius 1 is 1.37 bits per heavy atom. The Balaban J connectivity index is 2.07. The van der Waals surface area contributed by atoms with Gasteiger partial charge in [-0.1, -0.05) is 49.8 Å². The van der Waals surface area contributed by atoms with Crippen LogP contribution in [0.4, 0.5) is 5.82 Å². The van der Waals surface area contributed by atoms with Crippen molar-refractivity contribution in [1.82, 2.24) is 14.3 Å². The van der Waals surface area contributed by atoms with E-state index in [0.717, 1.165) is 41.5 Å². The number of aromatic nitrogens is 2. The molecule has 0 unspecified atom stereocenters. The van der Waals surface area contributed by atoms with Crippen molar-refractivity contribution in [3.8, 4) is 0 Å². The van der Waals surface area contributed by atoms with Crippen molar-refractivity contribution in [2.45, 2.75) is 33.1 Å². The van der Waals surface area contributed by atoms with E-state index >= 15 is 0 Å². The number of nitrogens with zero attached hydrogens (tertiary/aromatic N) is 3. The number of nitrogens with one attached hydrogen (secondary N) is 1. The number of carboxylic acid groups (broad SMARTS) is 1. The van der Waals surface area contributed by atoms with E-state index < -0.39 is 18.4 Å². The number of aryl methyl sites for hydroxylation is 1. The average molecular weight is 447 g/mol. The summed E-state index contributed by atoms with van der Waals surface area (Å²) >= 11 is 6.12. The van der Waals surface area contributed by atoms with Gasteiger partial charge in [-0.05, 0) is 31.1 Å². The first kappa shape index (κ1) is 22.0. The van der Waals surface area contributed by atoms with Gasteiger partial charge in [0.05, 0.1) is 10.5 Å². The molecule has 0 bridgehead atoms. The van der Waals surface area contributed by atoms with Gasteiger partial charge in [0.2, 0.25) is 0 Å². The molecule has 2 N–H and O–H groups in total. The Hall–Kier alpha value is -2.72. The molecule has 1 fully saturated rings. The molecule has 0 saturated carbocycles. The number of hydrogen-bond donors (Lipinski definition) is 2. The first-order valence-electron chi connectivity index (χ1n) is 9.56. The van der Waals surface area contributed by atoms with Crippen LogP contribution in [0.3, 0.4) is 0 Å². The number of thiocarbonyl (C=S) groups is 1. The largest absolute Gasteiger partial charge is 0.480 e. The monoisotopic (exact) mass is 446 g/mol. The number of amides is 1. The summed E-state index contributed by atoms with van der Waals surface area (Å²) < 4.78 is 1.59. The quantitative estimate of drug-likeness (QED) is 0.362. The van der Waals surface area contributed by atoms with Gasteiger partial charge in [0.1, 0.15) is 22.3 Å². The fraction of sp³-hybridized carbons (Fsp3) is 0.350. The van der Waals surface area contributed by atoms with Gasteiger partial charge in [0.25, 0.3) is 11.5 Å². The number of fused-ring (bicyclic) bond motifs is 1. The highest BCUT2D eigenvalue weighted by atomic mass is 32.2. The molecular weight excluding hydrogens is 424 g/mol. The molecule has 8 nitrogen and oxygen atoms in total. The van der Waals surface area contributed by atoms with Crippen LogP contribution < -0.4 is 10.9 Å². The standard InChI is InChI=1S/C20H22N4O4S2/c1-3-4-5-8-21-16-13(18(27)23-9-6-7-12(2)17(23)22-16)10-14-19(28)24(11-15(25)26)20(29)30-14/h6-7,9-10,21H,3-5,8,11H2,1-2H3,(H,25,26)/b14-10+. The minimum Gasteiger partial charge on any atom is -0.480 e. The third-order valence-corrected chi connectivity index (χ3v) is 5.98. The third kappa shape index (κ3) is 4.54. The van der Waals surface area contributed by atoms with E-state index in [9.17, 15) is 14.4 Å². The van der Waals surface area contributed by atoms with E-state index in [0.29, 0.717) is 18.0 Å². The van der Waals surface area contributed by atoms with Gasteiger partial charge in [-0.3, -0.25) is 23.7 Å². The number of unbranched alkanes of at least 4 members (excludes halogenated alkanes) is 2. The molecule has 1 aliphatic rings. The van der Waals surface area contributed by atoms with Crippen LogP contribution in [0.1, 0.15) is 37.3 Å². The van der Waals surface area contributed by atoms with Crippen LogP contribution in [0.5, 0.6) is 0 Å². The molecule has 0 aromatic carbocycles. The van der Waals surface area contributed by atoms with Crippen molar-refractivity contribution in [1.29, 1.82) is 0 Å². The second kappa shape index (κ2) is 9.40. The molecule has 158 valence electrons. The van der Waals surface area contributed by atoms with Crippen molar-refractivity contribution in [3.63, 3.8) is 0 Å². The second-order valence-corrected chi connectivity index (χ2v) is 8.54. The van der Waals surface area contributed by atoms with Crippen LogP contribution in [-0.4, -0.2) is 48.7 Å². The highest BCUT2D eigenvalue weighted by Crippen LogP contribution is 2.32. The summed E-state index contributed by atoms with van der Waals surface area (Å²) in [5, 5.41) is 12.2. The lowest BCUT2D eigenvalue weighted by Crippen LogP contribution is -2.33. The van der Waals surface area contributed by atoms with Gasteiger partial charge in [0.15, 0.2) is 0 Å². The Morgan fingerprint density at radius 3 is 2.83 bits per heavy atom. The van der Waals surface area contributed by atoms with Crippen LogP contribution in [0.15, 0.2) is 28.0 Å². The zero-order valence-electron chi connectivity index (χ0n) is 16.7. The van der Waals surface area contributed by atoms with Crippen LogP contribution in [0.25, 0.3) is 11.7 Å². The topological polar surface area (TPSA) is 104 Å². The van der Waals surface area contributed by atoms with Crippen LogP contribution in [0, 0.1) is 6.92 Å². The van der Waals surface area contributed by atoms with E-state index in [1.807, 2.05) is 13.0 Å². The Labute approximate surface area is 183 Å². The van der Waals surface area contributed by atoms with Crippen molar-refractivity contribution in [2.24, 2.45) is 0 Å². The first-order chi connectivity index (χ1) is 14.3. The van der Waals surface area contributed by atoms with E-state index in [2.05, 4.69) is 17.2 Å². The van der Waals surface area contributed by atoms with Gasteiger partial charge in [-0.15, -0.1) is 0 Å². The molecule has 2 aromatic rings. The van der Waals surface area contributed by atoms with E-state index in [-0.39, 0.29) is 20.3 Å². The maximum Gasteiger partial charge on any atom is 0.323 e. The normalized spacial score (nSPS) is 15.4. The molecule has 1 aliphatic heterocycles. The van der Waals surface area contributed by atoms with Crippen LogP contribution in [0.2, 0.25) is 0 Å². The molecule has 2 aromatic heterocycles. The predicted octanol–water partition coefficient (Wildman–Crippen LogP) is 2.89. The lowest BCUT2D eigenvalue weighted by molar-refractivity contribution is -0.140. The molecule has 0 aliphatic carbocycles. The first-order valence-corrected chi connectivity index (χ1v) is 10.8. The number of hydrogen-bond acceptors (Lipinski definition) is 7. The highest BCUT2D eigenvalue weighted by molar-refractivity contribution is 8.26. The number of aliphatic carboxylic acids is 1. The van der Waals surface area contributed by atoms with Gasteiger partial charge in [-0.2, -0.15) is 0 Å². The predicted molar refractivity (Wildman–Crippen MR) is 122 cm³/mol. The number of carboxylic acids is 1. The Kier molecular flexibility index (Phi) is 6.88. The molecule has 0 radical (unpaired) electrons. The molecule has 3 rings (SSSR count). The van der Waals surface area contributed by atoms with Crippen molar-refractivity contribution >= 4 is 57.7 Å². The fourth-order valence-corrected chi connectivity index (χ4v) is 4.30.